The van der Waals surface area contributed by atoms with Crippen LogP contribution in [0.2, 0.25) is 5.02 Å². The molecular formula is C26H37ClN4O2. The van der Waals surface area contributed by atoms with E-state index in [9.17, 15) is 9.59 Å². The Balaban J connectivity index is 1.83. The number of amides is 2. The number of halogens is 1. The maximum atomic E-state index is 13.2. The van der Waals surface area contributed by atoms with Crippen molar-refractivity contribution >= 4 is 29.2 Å². The monoisotopic (exact) mass is 472 g/mol. The molecule has 1 heterocycles. The molecule has 0 saturated heterocycles. The molecule has 3 rings (SSSR count). The van der Waals surface area contributed by atoms with Gasteiger partial charge in [0.1, 0.15) is 5.82 Å². The fraction of sp³-hybridized carbons (Fsp3) is 0.577. The molecule has 1 aromatic carbocycles. The number of carbonyl (C=O) groups is 2. The van der Waals surface area contributed by atoms with E-state index in [0.717, 1.165) is 31.4 Å². The lowest BCUT2D eigenvalue weighted by molar-refractivity contribution is -0.139. The highest BCUT2D eigenvalue weighted by atomic mass is 35.5. The number of anilines is 1. The molecule has 1 fully saturated rings. The molecule has 2 amide bonds. The van der Waals surface area contributed by atoms with E-state index >= 15 is 0 Å². The third-order valence-electron chi connectivity index (χ3n) is 6.01. The zero-order valence-corrected chi connectivity index (χ0v) is 21.3. The molecule has 1 aliphatic carbocycles. The van der Waals surface area contributed by atoms with Gasteiger partial charge in [0, 0.05) is 23.9 Å². The van der Waals surface area contributed by atoms with Gasteiger partial charge in [-0.1, -0.05) is 77.6 Å². The molecule has 1 aromatic heterocycles. The van der Waals surface area contributed by atoms with E-state index in [4.69, 9.17) is 16.7 Å². The lowest BCUT2D eigenvalue weighted by Gasteiger charge is -2.30. The fourth-order valence-corrected chi connectivity index (χ4v) is 4.50. The fourth-order valence-electron chi connectivity index (χ4n) is 4.28. The number of aromatic nitrogens is 2. The van der Waals surface area contributed by atoms with Crippen molar-refractivity contribution in [1.29, 1.82) is 0 Å². The maximum absolute atomic E-state index is 13.2. The summed E-state index contributed by atoms with van der Waals surface area (Å²) in [4.78, 5) is 28.1. The van der Waals surface area contributed by atoms with Crippen LogP contribution in [0.4, 0.5) is 5.82 Å². The Labute approximate surface area is 202 Å². The van der Waals surface area contributed by atoms with Gasteiger partial charge in [-0.3, -0.25) is 9.59 Å². The first-order valence-electron chi connectivity index (χ1n) is 12.0. The van der Waals surface area contributed by atoms with Crippen LogP contribution in [0.15, 0.2) is 30.3 Å². The average Bonchev–Trinajstić information content (AvgIpc) is 3.17. The number of nitrogens with zero attached hydrogens (tertiary/aromatic N) is 3. The zero-order valence-electron chi connectivity index (χ0n) is 20.5. The van der Waals surface area contributed by atoms with Gasteiger partial charge in [-0.15, -0.1) is 0 Å². The molecule has 33 heavy (non-hydrogen) atoms. The maximum Gasteiger partial charge on any atom is 0.245 e. The van der Waals surface area contributed by atoms with Crippen LogP contribution in [0.25, 0.3) is 5.69 Å². The van der Waals surface area contributed by atoms with E-state index in [1.165, 1.54) is 6.42 Å². The van der Waals surface area contributed by atoms with Crippen LogP contribution in [0.3, 0.4) is 0 Å². The first-order chi connectivity index (χ1) is 15.6. The average molecular weight is 473 g/mol. The predicted octanol–water partition coefficient (Wildman–Crippen LogP) is 5.83. The van der Waals surface area contributed by atoms with Gasteiger partial charge in [-0.25, -0.2) is 4.68 Å². The van der Waals surface area contributed by atoms with Gasteiger partial charge in [-0.05, 0) is 30.9 Å². The van der Waals surface area contributed by atoms with E-state index in [1.807, 2.05) is 24.3 Å². The Morgan fingerprint density at radius 1 is 1.18 bits per heavy atom. The van der Waals surface area contributed by atoms with Crippen molar-refractivity contribution in [2.45, 2.75) is 72.1 Å². The summed E-state index contributed by atoms with van der Waals surface area (Å²) in [6.07, 6.45) is 5.21. The molecule has 1 N–H and O–H groups in total. The number of hydrogen-bond acceptors (Lipinski definition) is 3. The summed E-state index contributed by atoms with van der Waals surface area (Å²) in [6, 6.07) is 9.30. The molecule has 0 aliphatic heterocycles. The van der Waals surface area contributed by atoms with Gasteiger partial charge in [0.15, 0.2) is 0 Å². The minimum Gasteiger partial charge on any atom is -0.333 e. The first kappa shape index (κ1) is 25.3. The topological polar surface area (TPSA) is 67.2 Å². The van der Waals surface area contributed by atoms with E-state index < -0.39 is 0 Å². The molecule has 1 aliphatic rings. The number of carbonyl (C=O) groups excluding carboxylic acids is 2. The number of para-hydroxylation sites is 1. The molecule has 2 aromatic rings. The Hall–Kier alpha value is -2.34. The summed E-state index contributed by atoms with van der Waals surface area (Å²) < 4.78 is 1.68. The Morgan fingerprint density at radius 3 is 2.45 bits per heavy atom. The summed E-state index contributed by atoms with van der Waals surface area (Å²) in [5.41, 5.74) is 1.34. The standard InChI is InChI=1S/C26H37ClN4O2/c1-18(2)16-30(25(33)19-11-7-6-8-12-19)17-24(32)28-23-15-22(26(3,4)5)29-31(23)21-14-10-9-13-20(21)27/h9-10,13-15,18-19H,6-8,11-12,16-17H2,1-5H3,(H,28,32). The van der Waals surface area contributed by atoms with Crippen molar-refractivity contribution in [2.24, 2.45) is 11.8 Å². The van der Waals surface area contributed by atoms with E-state index in [1.54, 1.807) is 15.6 Å². The van der Waals surface area contributed by atoms with Crippen LogP contribution < -0.4 is 5.32 Å². The summed E-state index contributed by atoms with van der Waals surface area (Å²) in [5, 5.41) is 8.28. The number of nitrogens with one attached hydrogen (secondary N) is 1. The van der Waals surface area contributed by atoms with E-state index in [0.29, 0.717) is 23.1 Å². The summed E-state index contributed by atoms with van der Waals surface area (Å²) >= 11 is 6.43. The molecule has 0 unspecified atom stereocenters. The van der Waals surface area contributed by atoms with Crippen LogP contribution in [0, 0.1) is 11.8 Å². The SMILES string of the molecule is CC(C)CN(CC(=O)Nc1cc(C(C)(C)C)nn1-c1ccccc1Cl)C(=O)C1CCCCC1. The summed E-state index contributed by atoms with van der Waals surface area (Å²) in [7, 11) is 0. The Bertz CT molecular complexity index is 971. The van der Waals surface area contributed by atoms with Crippen LogP contribution >= 0.6 is 11.6 Å². The number of rotatable bonds is 7. The van der Waals surface area contributed by atoms with Crippen molar-refractivity contribution in [2.75, 3.05) is 18.4 Å². The highest BCUT2D eigenvalue weighted by Crippen LogP contribution is 2.29. The van der Waals surface area contributed by atoms with Gasteiger partial charge in [0.2, 0.25) is 11.8 Å². The third-order valence-corrected chi connectivity index (χ3v) is 6.33. The summed E-state index contributed by atoms with van der Waals surface area (Å²) in [6.45, 7) is 11.0. The van der Waals surface area contributed by atoms with Crippen LogP contribution in [-0.2, 0) is 15.0 Å². The molecule has 0 bridgehead atoms. The highest BCUT2D eigenvalue weighted by Gasteiger charge is 2.28. The molecule has 6 nitrogen and oxygen atoms in total. The molecule has 7 heteroatoms. The van der Waals surface area contributed by atoms with Gasteiger partial charge >= 0.3 is 0 Å². The van der Waals surface area contributed by atoms with Gasteiger partial charge in [-0.2, -0.15) is 5.10 Å². The molecule has 0 atom stereocenters. The quantitative estimate of drug-likeness (QED) is 0.551. The summed E-state index contributed by atoms with van der Waals surface area (Å²) in [5.74, 6) is 0.743. The predicted molar refractivity (Wildman–Crippen MR) is 134 cm³/mol. The second-order valence-electron chi connectivity index (χ2n) is 10.5. The second kappa shape index (κ2) is 10.7. The number of benzene rings is 1. The van der Waals surface area contributed by atoms with E-state index in [-0.39, 0.29) is 35.6 Å². The second-order valence-corrected chi connectivity index (χ2v) is 10.9. The molecule has 0 spiro atoms. The minimum absolute atomic E-state index is 0.0337. The largest absolute Gasteiger partial charge is 0.333 e. The van der Waals surface area contributed by atoms with Crippen molar-refractivity contribution < 1.29 is 9.59 Å². The molecule has 0 radical (unpaired) electrons. The Kier molecular flexibility index (Phi) is 8.22. The van der Waals surface area contributed by atoms with Crippen LogP contribution in [-0.4, -0.2) is 39.6 Å². The van der Waals surface area contributed by atoms with Crippen molar-refractivity contribution in [1.82, 2.24) is 14.7 Å². The van der Waals surface area contributed by atoms with E-state index in [2.05, 4.69) is 39.9 Å². The highest BCUT2D eigenvalue weighted by molar-refractivity contribution is 6.32. The van der Waals surface area contributed by atoms with Crippen molar-refractivity contribution in [3.05, 3.63) is 41.0 Å². The van der Waals surface area contributed by atoms with Crippen molar-refractivity contribution in [3.63, 3.8) is 0 Å². The van der Waals surface area contributed by atoms with Crippen molar-refractivity contribution in [3.8, 4) is 5.69 Å². The third kappa shape index (κ3) is 6.59. The molecule has 180 valence electrons. The smallest absolute Gasteiger partial charge is 0.245 e. The first-order valence-corrected chi connectivity index (χ1v) is 12.4. The van der Waals surface area contributed by atoms with Gasteiger partial charge < -0.3 is 10.2 Å². The van der Waals surface area contributed by atoms with Gasteiger partial charge in [0.05, 0.1) is 22.9 Å². The minimum atomic E-state index is -0.228. The molecular weight excluding hydrogens is 436 g/mol. The number of hydrogen-bond donors (Lipinski definition) is 1. The lowest BCUT2D eigenvalue weighted by atomic mass is 9.88. The zero-order chi connectivity index (χ0) is 24.2. The Morgan fingerprint density at radius 2 is 1.85 bits per heavy atom. The normalized spacial score (nSPS) is 15.0. The van der Waals surface area contributed by atoms with Crippen LogP contribution in [0.5, 0.6) is 0 Å². The molecule has 1 saturated carbocycles. The van der Waals surface area contributed by atoms with Gasteiger partial charge in [0.25, 0.3) is 0 Å². The van der Waals surface area contributed by atoms with Crippen LogP contribution in [0.1, 0.15) is 72.4 Å². The lowest BCUT2D eigenvalue weighted by Crippen LogP contribution is -2.43.